The second-order valence-corrected chi connectivity index (χ2v) is 7.78. The van der Waals surface area contributed by atoms with Crippen molar-refractivity contribution in [3.63, 3.8) is 0 Å². The van der Waals surface area contributed by atoms with Crippen molar-refractivity contribution >= 4 is 29.1 Å². The summed E-state index contributed by atoms with van der Waals surface area (Å²) in [6.45, 7) is 1.58. The van der Waals surface area contributed by atoms with Crippen molar-refractivity contribution in [1.82, 2.24) is 14.8 Å². The molecule has 1 amide bonds. The number of nitrogens with zero attached hydrogens (tertiary/aromatic N) is 3. The highest BCUT2D eigenvalue weighted by atomic mass is 35.5. The first-order chi connectivity index (χ1) is 16.1. The van der Waals surface area contributed by atoms with Crippen LogP contribution in [0.25, 0.3) is 0 Å². The Balaban J connectivity index is 1.84. The van der Waals surface area contributed by atoms with Gasteiger partial charge in [-0.25, -0.2) is 4.68 Å². The standard InChI is InChI=1S/C22H19ClF3N5O3/c1-11-17(19(32)28-14-7-5-13(23)6-8-14)18(12-4-9-15(33-2)16(10-12)34-3)31-21(27-11)29-20(30-31)22(24,25)26/h4-10,18H,1-3H3,(H,28,32)(H,27,29,30)/t18-/m0/s1. The number of methoxy groups -OCH3 is 2. The van der Waals surface area contributed by atoms with Gasteiger partial charge in [-0.15, -0.1) is 5.10 Å². The molecule has 8 nitrogen and oxygen atoms in total. The molecule has 12 heteroatoms. The van der Waals surface area contributed by atoms with E-state index in [1.807, 2.05) is 0 Å². The molecule has 0 aliphatic carbocycles. The van der Waals surface area contributed by atoms with Crippen LogP contribution >= 0.6 is 11.6 Å². The lowest BCUT2D eigenvalue weighted by Crippen LogP contribution is -2.31. The molecule has 1 aromatic heterocycles. The number of amides is 1. The van der Waals surface area contributed by atoms with E-state index in [2.05, 4.69) is 20.7 Å². The van der Waals surface area contributed by atoms with Crippen LogP contribution in [0.5, 0.6) is 11.5 Å². The second-order valence-electron chi connectivity index (χ2n) is 7.34. The van der Waals surface area contributed by atoms with Gasteiger partial charge >= 0.3 is 6.18 Å². The van der Waals surface area contributed by atoms with Crippen LogP contribution in [0, 0.1) is 0 Å². The van der Waals surface area contributed by atoms with E-state index in [9.17, 15) is 18.0 Å². The fourth-order valence-electron chi connectivity index (χ4n) is 3.63. The van der Waals surface area contributed by atoms with Crippen LogP contribution in [0.2, 0.25) is 5.02 Å². The summed E-state index contributed by atoms with van der Waals surface area (Å²) in [5, 5.41) is 9.68. The van der Waals surface area contributed by atoms with Gasteiger partial charge in [-0.05, 0) is 48.9 Å². The maximum Gasteiger partial charge on any atom is 0.453 e. The summed E-state index contributed by atoms with van der Waals surface area (Å²) in [5.74, 6) is -1.25. The molecule has 2 N–H and O–H groups in total. The lowest BCUT2D eigenvalue weighted by Gasteiger charge is -2.29. The summed E-state index contributed by atoms with van der Waals surface area (Å²) < 4.78 is 51.8. The van der Waals surface area contributed by atoms with Gasteiger partial charge in [0.15, 0.2) is 11.5 Å². The van der Waals surface area contributed by atoms with Crippen molar-refractivity contribution in [3.8, 4) is 11.5 Å². The molecule has 0 fully saturated rings. The Hall–Kier alpha value is -3.73. The maximum atomic E-state index is 13.4. The lowest BCUT2D eigenvalue weighted by atomic mass is 9.94. The van der Waals surface area contributed by atoms with Gasteiger partial charge in [-0.3, -0.25) is 4.79 Å². The molecule has 2 heterocycles. The summed E-state index contributed by atoms with van der Waals surface area (Å²) in [6, 6.07) is 10.2. The largest absolute Gasteiger partial charge is 0.493 e. The highest BCUT2D eigenvalue weighted by Crippen LogP contribution is 2.40. The summed E-state index contributed by atoms with van der Waals surface area (Å²) in [5.41, 5.74) is 1.37. The van der Waals surface area contributed by atoms with Gasteiger partial charge in [0.1, 0.15) is 6.04 Å². The van der Waals surface area contributed by atoms with Gasteiger partial charge < -0.3 is 20.1 Å². The molecule has 0 spiro atoms. The Bertz CT molecular complexity index is 1270. The number of hydrogen-bond donors (Lipinski definition) is 2. The van der Waals surface area contributed by atoms with Gasteiger partial charge in [0, 0.05) is 16.4 Å². The predicted molar refractivity (Wildman–Crippen MR) is 119 cm³/mol. The van der Waals surface area contributed by atoms with Crippen molar-refractivity contribution in [2.24, 2.45) is 0 Å². The third-order valence-corrected chi connectivity index (χ3v) is 5.43. The van der Waals surface area contributed by atoms with Crippen molar-refractivity contribution in [1.29, 1.82) is 0 Å². The number of nitrogens with one attached hydrogen (secondary N) is 2. The van der Waals surface area contributed by atoms with Crippen LogP contribution < -0.4 is 20.1 Å². The molecule has 178 valence electrons. The van der Waals surface area contributed by atoms with Crippen LogP contribution in [0.1, 0.15) is 24.4 Å². The first kappa shape index (κ1) is 23.4. The van der Waals surface area contributed by atoms with Crippen LogP contribution in [-0.2, 0) is 11.0 Å². The average molecular weight is 494 g/mol. The fourth-order valence-corrected chi connectivity index (χ4v) is 3.75. The minimum Gasteiger partial charge on any atom is -0.493 e. The molecular formula is C22H19ClF3N5O3. The zero-order valence-corrected chi connectivity index (χ0v) is 19.0. The maximum absolute atomic E-state index is 13.4. The average Bonchev–Trinajstić information content (AvgIpc) is 3.23. The second kappa shape index (κ2) is 8.90. The third-order valence-electron chi connectivity index (χ3n) is 5.18. The summed E-state index contributed by atoms with van der Waals surface area (Å²) in [4.78, 5) is 16.9. The Labute approximate surface area is 197 Å². The number of allylic oxidation sites excluding steroid dienone is 1. The van der Waals surface area contributed by atoms with Gasteiger partial charge in [0.25, 0.3) is 11.7 Å². The number of benzene rings is 2. The van der Waals surface area contributed by atoms with E-state index in [0.717, 1.165) is 4.68 Å². The lowest BCUT2D eigenvalue weighted by molar-refractivity contribution is -0.145. The van der Waals surface area contributed by atoms with Crippen molar-refractivity contribution in [2.75, 3.05) is 24.9 Å². The van der Waals surface area contributed by atoms with Gasteiger partial charge in [-0.1, -0.05) is 17.7 Å². The Morgan fingerprint density at radius 2 is 1.79 bits per heavy atom. The summed E-state index contributed by atoms with van der Waals surface area (Å²) in [6.07, 6.45) is -4.77. The smallest absolute Gasteiger partial charge is 0.453 e. The third kappa shape index (κ3) is 4.38. The van der Waals surface area contributed by atoms with Crippen molar-refractivity contribution in [3.05, 3.63) is 70.1 Å². The quantitative estimate of drug-likeness (QED) is 0.525. The molecule has 0 saturated carbocycles. The number of carbonyl (C=O) groups excluding carboxylic acids is 1. The molecule has 1 atom stereocenters. The van der Waals surface area contributed by atoms with E-state index in [0.29, 0.717) is 33.5 Å². The van der Waals surface area contributed by atoms with Gasteiger partial charge in [0.05, 0.1) is 19.8 Å². The zero-order valence-electron chi connectivity index (χ0n) is 18.2. The number of hydrogen-bond acceptors (Lipinski definition) is 6. The van der Waals surface area contributed by atoms with E-state index < -0.39 is 23.9 Å². The molecular weight excluding hydrogens is 475 g/mol. The first-order valence-corrected chi connectivity index (χ1v) is 10.3. The topological polar surface area (TPSA) is 90.3 Å². The summed E-state index contributed by atoms with van der Waals surface area (Å²) >= 11 is 5.91. The normalized spacial score (nSPS) is 15.4. The number of carbonyl (C=O) groups is 1. The monoisotopic (exact) mass is 493 g/mol. The number of anilines is 2. The van der Waals surface area contributed by atoms with Gasteiger partial charge in [0.2, 0.25) is 5.95 Å². The molecule has 0 bridgehead atoms. The minimum atomic E-state index is -4.77. The first-order valence-electron chi connectivity index (χ1n) is 9.92. The summed E-state index contributed by atoms with van der Waals surface area (Å²) in [7, 11) is 2.89. The molecule has 0 saturated heterocycles. The zero-order chi connectivity index (χ0) is 24.6. The molecule has 0 unspecified atom stereocenters. The van der Waals surface area contributed by atoms with E-state index in [4.69, 9.17) is 21.1 Å². The fraction of sp³-hybridized carbons (Fsp3) is 0.227. The minimum absolute atomic E-state index is 0.146. The van der Waals surface area contributed by atoms with E-state index in [1.165, 1.54) is 14.2 Å². The molecule has 3 aromatic rings. The van der Waals surface area contributed by atoms with Crippen molar-refractivity contribution in [2.45, 2.75) is 19.1 Å². The highest BCUT2D eigenvalue weighted by Gasteiger charge is 2.41. The molecule has 1 aliphatic heterocycles. The number of fused-ring (bicyclic) bond motifs is 1. The molecule has 0 radical (unpaired) electrons. The number of aromatic nitrogens is 3. The van der Waals surface area contributed by atoms with Crippen molar-refractivity contribution < 1.29 is 27.4 Å². The SMILES string of the molecule is COc1ccc([C@H]2C(C(=O)Nc3ccc(Cl)cc3)=C(C)Nc3nc(C(F)(F)F)nn32)cc1OC. The molecule has 2 aromatic carbocycles. The van der Waals surface area contributed by atoms with Crippen LogP contribution in [0.3, 0.4) is 0 Å². The molecule has 34 heavy (non-hydrogen) atoms. The van der Waals surface area contributed by atoms with Crippen LogP contribution in [0.15, 0.2) is 53.7 Å². The van der Waals surface area contributed by atoms with E-state index in [-0.39, 0.29) is 11.5 Å². The Morgan fingerprint density at radius 1 is 1.12 bits per heavy atom. The molecule has 4 rings (SSSR count). The Morgan fingerprint density at radius 3 is 2.41 bits per heavy atom. The molecule has 1 aliphatic rings. The number of alkyl halides is 3. The Kier molecular flexibility index (Phi) is 6.13. The van der Waals surface area contributed by atoms with Crippen LogP contribution in [0.4, 0.5) is 24.8 Å². The van der Waals surface area contributed by atoms with Gasteiger partial charge in [-0.2, -0.15) is 18.2 Å². The predicted octanol–water partition coefficient (Wildman–Crippen LogP) is 4.90. The highest BCUT2D eigenvalue weighted by molar-refractivity contribution is 6.30. The number of ether oxygens (including phenoxy) is 2. The van der Waals surface area contributed by atoms with E-state index in [1.54, 1.807) is 49.4 Å². The number of rotatable bonds is 5. The number of halogens is 4. The van der Waals surface area contributed by atoms with E-state index >= 15 is 0 Å². The van der Waals surface area contributed by atoms with Crippen LogP contribution in [-0.4, -0.2) is 34.9 Å².